The number of aliphatic hydroxyl groups is 2. The van der Waals surface area contributed by atoms with Crippen LogP contribution in [0.25, 0.3) is 0 Å². The molecule has 236 valence electrons. The van der Waals surface area contributed by atoms with E-state index in [4.69, 9.17) is 19.9 Å². The number of aliphatic hydroxyl groups excluding tert-OH is 1. The number of rotatable bonds is 7. The van der Waals surface area contributed by atoms with E-state index in [1.807, 2.05) is 30.3 Å². The molecule has 6 atom stereocenters. The molecule has 0 amide bonds. The van der Waals surface area contributed by atoms with Crippen LogP contribution < -0.4 is 10.5 Å². The van der Waals surface area contributed by atoms with Gasteiger partial charge in [0.15, 0.2) is 17.9 Å². The molecular formula is C34H35NO10. The van der Waals surface area contributed by atoms with E-state index in [1.54, 1.807) is 6.92 Å². The SMILES string of the molecule is COc1cccc2c1C(=O)c1c(O)c3c(c(O)c1C2=O)C[C@@](O)(C(=O)CCc1ccccc1)C[C@@H]3OC1CC(N)C(O)C(C)O1. The molecule has 3 aliphatic rings. The van der Waals surface area contributed by atoms with Crippen molar-refractivity contribution < 1.29 is 49.0 Å². The molecule has 2 aliphatic carbocycles. The Labute approximate surface area is 259 Å². The van der Waals surface area contributed by atoms with Crippen LogP contribution in [0, 0.1) is 0 Å². The molecule has 1 aliphatic heterocycles. The zero-order valence-electron chi connectivity index (χ0n) is 24.9. The number of phenols is 2. The van der Waals surface area contributed by atoms with Gasteiger partial charge >= 0.3 is 0 Å². The first kappa shape index (κ1) is 30.9. The second-order valence-corrected chi connectivity index (χ2v) is 12.0. The lowest BCUT2D eigenvalue weighted by Gasteiger charge is -2.42. The molecule has 11 nitrogen and oxygen atoms in total. The minimum atomic E-state index is -2.06. The Hall–Kier alpha value is -4.13. The molecule has 1 saturated heterocycles. The predicted octanol–water partition coefficient (Wildman–Crippen LogP) is 2.64. The van der Waals surface area contributed by atoms with Crippen LogP contribution in [0.1, 0.15) is 80.8 Å². The molecule has 11 heteroatoms. The molecule has 6 N–H and O–H groups in total. The molecule has 0 bridgehead atoms. The Balaban J connectivity index is 1.45. The standard InChI is InChI=1S/C34H35NO10/c1-16-29(37)20(35)13-24(44-16)45-22-15-34(42,23(36)12-11-17-7-4-3-5-8-17)14-19-26(22)33(41)28-27(31(19)39)30(38)18-9-6-10-21(43-2)25(18)32(28)40/h3-10,16,20,22,24,29,37,39,41-42H,11-15,35H2,1-2H3/t16?,20?,22-,24?,29?,34-/m0/s1. The van der Waals surface area contributed by atoms with Gasteiger partial charge in [0.2, 0.25) is 5.78 Å². The molecule has 3 aromatic rings. The Morgan fingerprint density at radius 2 is 1.73 bits per heavy atom. The predicted molar refractivity (Wildman–Crippen MR) is 159 cm³/mol. The number of benzene rings is 3. The van der Waals surface area contributed by atoms with Crippen molar-refractivity contribution in [2.24, 2.45) is 5.73 Å². The van der Waals surface area contributed by atoms with Crippen LogP contribution in [-0.4, -0.2) is 75.0 Å². The molecule has 0 saturated carbocycles. The third kappa shape index (κ3) is 5.20. The Kier molecular flexibility index (Phi) is 8.00. The number of phenolic OH excluding ortho intramolecular Hbond substituents is 2. The molecule has 0 radical (unpaired) electrons. The molecule has 0 spiro atoms. The van der Waals surface area contributed by atoms with E-state index >= 15 is 0 Å². The number of fused-ring (bicyclic) bond motifs is 3. The van der Waals surface area contributed by atoms with E-state index < -0.39 is 82.6 Å². The lowest BCUT2D eigenvalue weighted by molar-refractivity contribution is -0.247. The van der Waals surface area contributed by atoms with E-state index in [2.05, 4.69) is 0 Å². The zero-order valence-corrected chi connectivity index (χ0v) is 24.9. The van der Waals surface area contributed by atoms with Gasteiger partial charge in [0, 0.05) is 48.4 Å². The summed E-state index contributed by atoms with van der Waals surface area (Å²) in [4.78, 5) is 41.2. The molecule has 0 aromatic heterocycles. The normalized spacial score (nSPS) is 27.4. The van der Waals surface area contributed by atoms with Crippen molar-refractivity contribution in [3.63, 3.8) is 0 Å². The number of ketones is 3. The number of aryl methyl sites for hydroxylation is 1. The molecule has 45 heavy (non-hydrogen) atoms. The van der Waals surface area contributed by atoms with Crippen molar-refractivity contribution in [3.8, 4) is 17.2 Å². The van der Waals surface area contributed by atoms with E-state index in [-0.39, 0.29) is 47.3 Å². The number of aromatic hydroxyl groups is 2. The van der Waals surface area contributed by atoms with E-state index in [0.29, 0.717) is 6.42 Å². The smallest absolute Gasteiger partial charge is 0.202 e. The topological polar surface area (TPSA) is 186 Å². The second kappa shape index (κ2) is 11.7. The van der Waals surface area contributed by atoms with Crippen LogP contribution in [0.5, 0.6) is 17.2 Å². The molecule has 1 fully saturated rings. The Morgan fingerprint density at radius 1 is 1.02 bits per heavy atom. The van der Waals surface area contributed by atoms with E-state index in [1.165, 1.54) is 25.3 Å². The maximum atomic E-state index is 13.8. The lowest BCUT2D eigenvalue weighted by Crippen LogP contribution is -2.52. The number of hydrogen-bond acceptors (Lipinski definition) is 11. The number of nitrogens with two attached hydrogens (primary N) is 1. The van der Waals surface area contributed by atoms with Crippen LogP contribution in [0.4, 0.5) is 0 Å². The summed E-state index contributed by atoms with van der Waals surface area (Å²) < 4.78 is 17.4. The van der Waals surface area contributed by atoms with Crippen LogP contribution in [-0.2, 0) is 27.1 Å². The van der Waals surface area contributed by atoms with Crippen molar-refractivity contribution in [1.82, 2.24) is 0 Å². The van der Waals surface area contributed by atoms with Crippen LogP contribution in [0.15, 0.2) is 48.5 Å². The fraction of sp³-hybridized carbons (Fsp3) is 0.382. The van der Waals surface area contributed by atoms with Crippen molar-refractivity contribution in [1.29, 1.82) is 0 Å². The molecule has 6 rings (SSSR count). The number of hydrogen-bond donors (Lipinski definition) is 5. The minimum absolute atomic E-state index is 0.0172. The summed E-state index contributed by atoms with van der Waals surface area (Å²) in [5, 5.41) is 45.5. The highest BCUT2D eigenvalue weighted by molar-refractivity contribution is 6.31. The highest BCUT2D eigenvalue weighted by Crippen LogP contribution is 2.52. The summed E-state index contributed by atoms with van der Waals surface area (Å²) in [5.74, 6) is -3.09. The van der Waals surface area contributed by atoms with Gasteiger partial charge < -0.3 is 40.4 Å². The summed E-state index contributed by atoms with van der Waals surface area (Å²) in [6.45, 7) is 1.62. The third-order valence-corrected chi connectivity index (χ3v) is 9.15. The van der Waals surface area contributed by atoms with Gasteiger partial charge in [-0.15, -0.1) is 0 Å². The molecule has 3 aromatic carbocycles. The number of Topliss-reactive ketones (excluding diaryl/α,β-unsaturated/α-hetero) is 1. The van der Waals surface area contributed by atoms with Gasteiger partial charge in [0.05, 0.1) is 42.1 Å². The summed E-state index contributed by atoms with van der Waals surface area (Å²) >= 11 is 0. The molecule has 4 unspecified atom stereocenters. The quantitative estimate of drug-likeness (QED) is 0.192. The van der Waals surface area contributed by atoms with Gasteiger partial charge in [-0.05, 0) is 25.0 Å². The lowest BCUT2D eigenvalue weighted by atomic mass is 9.71. The average Bonchev–Trinajstić information content (AvgIpc) is 3.02. The Morgan fingerprint density at radius 3 is 2.42 bits per heavy atom. The minimum Gasteiger partial charge on any atom is -0.507 e. The fourth-order valence-corrected chi connectivity index (χ4v) is 6.74. The van der Waals surface area contributed by atoms with Gasteiger partial charge in [-0.2, -0.15) is 0 Å². The molecule has 1 heterocycles. The third-order valence-electron chi connectivity index (χ3n) is 9.15. The highest BCUT2D eigenvalue weighted by atomic mass is 16.7. The summed E-state index contributed by atoms with van der Waals surface area (Å²) in [6.07, 6.45) is -4.35. The first-order valence-electron chi connectivity index (χ1n) is 14.9. The highest BCUT2D eigenvalue weighted by Gasteiger charge is 2.50. The monoisotopic (exact) mass is 617 g/mol. The van der Waals surface area contributed by atoms with E-state index in [9.17, 15) is 34.8 Å². The zero-order chi connectivity index (χ0) is 32.2. The largest absolute Gasteiger partial charge is 0.507 e. The maximum absolute atomic E-state index is 13.8. The first-order chi connectivity index (χ1) is 21.4. The van der Waals surface area contributed by atoms with Crippen LogP contribution >= 0.6 is 0 Å². The van der Waals surface area contributed by atoms with Gasteiger partial charge in [-0.3, -0.25) is 14.4 Å². The van der Waals surface area contributed by atoms with Gasteiger partial charge in [-0.1, -0.05) is 42.5 Å². The number of carbonyl (C=O) groups is 3. The number of carbonyl (C=O) groups excluding carboxylic acids is 3. The van der Waals surface area contributed by atoms with Gasteiger partial charge in [-0.25, -0.2) is 0 Å². The average molecular weight is 618 g/mol. The fourth-order valence-electron chi connectivity index (χ4n) is 6.74. The summed E-state index contributed by atoms with van der Waals surface area (Å²) in [6, 6.07) is 13.0. The van der Waals surface area contributed by atoms with Crippen molar-refractivity contribution in [2.75, 3.05) is 7.11 Å². The Bertz CT molecular complexity index is 1680. The van der Waals surface area contributed by atoms with Crippen molar-refractivity contribution in [3.05, 3.63) is 87.5 Å². The number of methoxy groups -OCH3 is 1. The molecular weight excluding hydrogens is 582 g/mol. The van der Waals surface area contributed by atoms with Crippen molar-refractivity contribution in [2.45, 2.75) is 75.3 Å². The van der Waals surface area contributed by atoms with Crippen molar-refractivity contribution >= 4 is 17.3 Å². The summed E-state index contributed by atoms with van der Waals surface area (Å²) in [5.41, 5.74) is 3.89. The summed E-state index contributed by atoms with van der Waals surface area (Å²) in [7, 11) is 1.35. The second-order valence-electron chi connectivity index (χ2n) is 12.0. The van der Waals surface area contributed by atoms with Gasteiger partial charge in [0.1, 0.15) is 22.8 Å². The number of ether oxygens (including phenoxy) is 3. The van der Waals surface area contributed by atoms with E-state index in [0.717, 1.165) is 5.56 Å². The van der Waals surface area contributed by atoms with Crippen LogP contribution in [0.3, 0.4) is 0 Å². The maximum Gasteiger partial charge on any atom is 0.202 e. The first-order valence-corrected chi connectivity index (χ1v) is 14.9. The van der Waals surface area contributed by atoms with Crippen LogP contribution in [0.2, 0.25) is 0 Å². The van der Waals surface area contributed by atoms with Gasteiger partial charge in [0.25, 0.3) is 0 Å².